The van der Waals surface area contributed by atoms with Gasteiger partial charge in [-0.05, 0) is 61.9 Å². The number of amides is 1. The van der Waals surface area contributed by atoms with Crippen molar-refractivity contribution in [2.75, 3.05) is 17.1 Å². The summed E-state index contributed by atoms with van der Waals surface area (Å²) < 4.78 is 31.9. The smallest absolute Gasteiger partial charge is 0.232 e. The van der Waals surface area contributed by atoms with Crippen LogP contribution in [0, 0.1) is 5.41 Å². The predicted octanol–water partition coefficient (Wildman–Crippen LogP) is 5.14. The van der Waals surface area contributed by atoms with E-state index in [1.54, 1.807) is 24.3 Å². The Kier molecular flexibility index (Phi) is 8.95. The molecule has 2 aromatic carbocycles. The molecule has 0 aliphatic rings. The normalized spacial score (nSPS) is 12.3. The molecular formula is C26H38N2O4S. The van der Waals surface area contributed by atoms with Crippen LogP contribution in [0.5, 0.6) is 5.75 Å². The third kappa shape index (κ3) is 9.86. The van der Waals surface area contributed by atoms with Gasteiger partial charge in [0.25, 0.3) is 0 Å². The molecule has 0 unspecified atom stereocenters. The zero-order valence-electron chi connectivity index (χ0n) is 20.7. The van der Waals surface area contributed by atoms with Crippen molar-refractivity contribution in [2.24, 2.45) is 5.41 Å². The molecule has 0 saturated carbocycles. The van der Waals surface area contributed by atoms with E-state index in [0.29, 0.717) is 24.5 Å². The minimum absolute atomic E-state index is 0.0673. The van der Waals surface area contributed by atoms with Crippen molar-refractivity contribution in [1.29, 1.82) is 0 Å². The molecule has 1 N–H and O–H groups in total. The maximum atomic E-state index is 12.5. The summed E-state index contributed by atoms with van der Waals surface area (Å²) in [5.41, 5.74) is 1.39. The number of sulfonamides is 1. The zero-order valence-corrected chi connectivity index (χ0v) is 21.5. The van der Waals surface area contributed by atoms with Crippen LogP contribution in [0.2, 0.25) is 0 Å². The largest absolute Gasteiger partial charge is 0.489 e. The molecule has 7 heteroatoms. The summed E-state index contributed by atoms with van der Waals surface area (Å²) in [5, 5.41) is 3.08. The Bertz CT molecular complexity index is 995. The van der Waals surface area contributed by atoms with Crippen LogP contribution in [0.25, 0.3) is 0 Å². The summed E-state index contributed by atoms with van der Waals surface area (Å²) in [6.07, 6.45) is 2.72. The standard InChI is InChI=1S/C26H38N2O4S/c1-25(2,3)20-26(4,5)27-24(29)13-10-18-28(33(6,30)31)22-14-16-23(17-15-22)32-19-21-11-8-7-9-12-21/h7-9,11-12,14-17H,10,13,18-20H2,1-6H3,(H,27,29). The molecule has 0 atom stereocenters. The Balaban J connectivity index is 1.93. The van der Waals surface area contributed by atoms with Gasteiger partial charge in [-0.15, -0.1) is 0 Å². The number of anilines is 1. The number of carbonyl (C=O) groups excluding carboxylic acids is 1. The average molecular weight is 475 g/mol. The number of nitrogens with one attached hydrogen (secondary N) is 1. The maximum absolute atomic E-state index is 12.5. The van der Waals surface area contributed by atoms with E-state index in [9.17, 15) is 13.2 Å². The second-order valence-corrected chi connectivity index (χ2v) is 12.3. The second kappa shape index (κ2) is 11.1. The van der Waals surface area contributed by atoms with Gasteiger partial charge in [0.15, 0.2) is 0 Å². The third-order valence-corrected chi connectivity index (χ3v) is 6.18. The molecule has 0 radical (unpaired) electrons. The predicted molar refractivity (Wildman–Crippen MR) is 135 cm³/mol. The number of ether oxygens (including phenoxy) is 1. The second-order valence-electron chi connectivity index (χ2n) is 10.4. The topological polar surface area (TPSA) is 75.7 Å². The summed E-state index contributed by atoms with van der Waals surface area (Å²) in [6, 6.07) is 16.8. The highest BCUT2D eigenvalue weighted by atomic mass is 32.2. The van der Waals surface area contributed by atoms with Gasteiger partial charge in [0.1, 0.15) is 12.4 Å². The Hall–Kier alpha value is -2.54. The minimum Gasteiger partial charge on any atom is -0.489 e. The van der Waals surface area contributed by atoms with Crippen LogP contribution in [-0.2, 0) is 21.4 Å². The van der Waals surface area contributed by atoms with E-state index in [1.165, 1.54) is 10.6 Å². The van der Waals surface area contributed by atoms with Crippen molar-refractivity contribution < 1.29 is 17.9 Å². The van der Waals surface area contributed by atoms with Crippen molar-refractivity contribution in [1.82, 2.24) is 5.32 Å². The molecule has 2 aromatic rings. The third-order valence-electron chi connectivity index (χ3n) is 4.99. The van der Waals surface area contributed by atoms with Crippen LogP contribution in [0.4, 0.5) is 5.69 Å². The Morgan fingerprint density at radius 2 is 1.58 bits per heavy atom. The lowest BCUT2D eigenvalue weighted by Crippen LogP contribution is -2.46. The highest BCUT2D eigenvalue weighted by molar-refractivity contribution is 7.92. The molecule has 0 fully saturated rings. The molecule has 6 nitrogen and oxygen atoms in total. The zero-order chi connectivity index (χ0) is 24.7. The first-order chi connectivity index (χ1) is 15.3. The van der Waals surface area contributed by atoms with E-state index in [-0.39, 0.29) is 29.8 Å². The first-order valence-electron chi connectivity index (χ1n) is 11.3. The number of hydrogen-bond donors (Lipinski definition) is 1. The van der Waals surface area contributed by atoms with Gasteiger partial charge >= 0.3 is 0 Å². The molecule has 182 valence electrons. The number of rotatable bonds is 11. The molecule has 0 aromatic heterocycles. The molecular weight excluding hydrogens is 436 g/mol. The van der Waals surface area contributed by atoms with E-state index in [2.05, 4.69) is 26.1 Å². The fourth-order valence-corrected chi connectivity index (χ4v) is 5.09. The summed E-state index contributed by atoms with van der Waals surface area (Å²) in [7, 11) is -3.48. The highest BCUT2D eigenvalue weighted by Crippen LogP contribution is 2.27. The molecule has 0 aliphatic heterocycles. The SMILES string of the molecule is CC(C)(C)CC(C)(C)NC(=O)CCCN(c1ccc(OCc2ccccc2)cc1)S(C)(=O)=O. The summed E-state index contributed by atoms with van der Waals surface area (Å²) >= 11 is 0. The van der Waals surface area contributed by atoms with Crippen LogP contribution < -0.4 is 14.4 Å². The number of carbonyl (C=O) groups is 1. The van der Waals surface area contributed by atoms with Gasteiger partial charge in [0, 0.05) is 18.5 Å². The molecule has 2 rings (SSSR count). The average Bonchev–Trinajstić information content (AvgIpc) is 2.68. The minimum atomic E-state index is -3.48. The van der Waals surface area contributed by atoms with Gasteiger partial charge in [-0.1, -0.05) is 51.1 Å². The molecule has 0 spiro atoms. The number of nitrogens with zero attached hydrogens (tertiary/aromatic N) is 1. The van der Waals surface area contributed by atoms with Crippen LogP contribution in [0.3, 0.4) is 0 Å². The quantitative estimate of drug-likeness (QED) is 0.489. The van der Waals surface area contributed by atoms with E-state index < -0.39 is 10.0 Å². The summed E-state index contributed by atoms with van der Waals surface area (Å²) in [6.45, 7) is 11.1. The molecule has 1 amide bonds. The molecule has 0 aliphatic carbocycles. The van der Waals surface area contributed by atoms with Crippen molar-refractivity contribution in [2.45, 2.75) is 66.0 Å². The van der Waals surface area contributed by atoms with Crippen LogP contribution >= 0.6 is 0 Å². The van der Waals surface area contributed by atoms with Gasteiger partial charge in [-0.2, -0.15) is 0 Å². The molecule has 0 bridgehead atoms. The van der Waals surface area contributed by atoms with E-state index in [0.717, 1.165) is 12.0 Å². The van der Waals surface area contributed by atoms with E-state index in [4.69, 9.17) is 4.74 Å². The highest BCUT2D eigenvalue weighted by Gasteiger charge is 2.27. The van der Waals surface area contributed by atoms with Crippen molar-refractivity contribution in [3.8, 4) is 5.75 Å². The van der Waals surface area contributed by atoms with Gasteiger partial charge in [0.05, 0.1) is 11.9 Å². The van der Waals surface area contributed by atoms with Crippen LogP contribution in [-0.4, -0.2) is 32.7 Å². The lowest BCUT2D eigenvalue weighted by Gasteiger charge is -2.33. The first kappa shape index (κ1) is 26.7. The number of benzene rings is 2. The fraction of sp³-hybridized carbons (Fsp3) is 0.500. The summed E-state index contributed by atoms with van der Waals surface area (Å²) in [4.78, 5) is 12.5. The monoisotopic (exact) mass is 474 g/mol. The molecule has 0 heterocycles. The van der Waals surface area contributed by atoms with Gasteiger partial charge in [-0.3, -0.25) is 9.10 Å². The fourth-order valence-electron chi connectivity index (χ4n) is 4.13. The van der Waals surface area contributed by atoms with Gasteiger partial charge < -0.3 is 10.1 Å². The van der Waals surface area contributed by atoms with Crippen molar-refractivity contribution in [3.05, 3.63) is 60.2 Å². The first-order valence-corrected chi connectivity index (χ1v) is 13.2. The van der Waals surface area contributed by atoms with E-state index in [1.807, 2.05) is 44.2 Å². The van der Waals surface area contributed by atoms with Gasteiger partial charge in [-0.25, -0.2) is 8.42 Å². The van der Waals surface area contributed by atoms with Gasteiger partial charge in [0.2, 0.25) is 15.9 Å². The lowest BCUT2D eigenvalue weighted by atomic mass is 9.82. The number of hydrogen-bond acceptors (Lipinski definition) is 4. The Labute approximate surface area is 199 Å². The van der Waals surface area contributed by atoms with E-state index >= 15 is 0 Å². The molecule has 0 saturated heterocycles. The molecule has 33 heavy (non-hydrogen) atoms. The van der Waals surface area contributed by atoms with Crippen molar-refractivity contribution >= 4 is 21.6 Å². The van der Waals surface area contributed by atoms with Crippen LogP contribution in [0.1, 0.15) is 59.4 Å². The van der Waals surface area contributed by atoms with Crippen molar-refractivity contribution in [3.63, 3.8) is 0 Å². The Morgan fingerprint density at radius 1 is 0.970 bits per heavy atom. The summed E-state index contributed by atoms with van der Waals surface area (Å²) in [5.74, 6) is 0.596. The van der Waals surface area contributed by atoms with Crippen LogP contribution in [0.15, 0.2) is 54.6 Å². The lowest BCUT2D eigenvalue weighted by molar-refractivity contribution is -0.123. The maximum Gasteiger partial charge on any atom is 0.232 e. The Morgan fingerprint density at radius 3 is 2.12 bits per heavy atom.